The highest BCUT2D eigenvalue weighted by molar-refractivity contribution is 9.10. The molecule has 0 radical (unpaired) electrons. The molecule has 5 heteroatoms. The third kappa shape index (κ3) is 3.80. The Morgan fingerprint density at radius 2 is 2.38 bits per heavy atom. The molecule has 3 nitrogen and oxygen atoms in total. The molecule has 0 aliphatic heterocycles. The van der Waals surface area contributed by atoms with Crippen molar-refractivity contribution in [2.45, 2.75) is 4.90 Å². The summed E-state index contributed by atoms with van der Waals surface area (Å²) in [5, 5.41) is 0. The number of hydrogen-bond donors (Lipinski definition) is 2. The molecule has 0 fully saturated rings. The maximum atomic E-state index is 10.8. The Kier molecular flexibility index (Phi) is 4.27. The maximum Gasteiger partial charge on any atom is 0.244 e. The molecular weight excluding hydrogens is 252 g/mol. The summed E-state index contributed by atoms with van der Waals surface area (Å²) in [4.78, 5) is 11.8. The van der Waals surface area contributed by atoms with E-state index < -0.39 is 0 Å². The quantitative estimate of drug-likeness (QED) is 0.375. The third-order valence-electron chi connectivity index (χ3n) is 1.33. The number of hydrogen-bond acceptors (Lipinski definition) is 3. The van der Waals surface area contributed by atoms with Gasteiger partial charge < -0.3 is 0 Å². The molecule has 0 aliphatic rings. The zero-order valence-corrected chi connectivity index (χ0v) is 9.19. The fourth-order valence-electron chi connectivity index (χ4n) is 0.747. The molecule has 1 aromatic carbocycles. The van der Waals surface area contributed by atoms with Gasteiger partial charge in [0.1, 0.15) is 0 Å². The molecule has 0 saturated heterocycles. The Labute approximate surface area is 89.2 Å². The highest BCUT2D eigenvalue weighted by Crippen LogP contribution is 2.21. The van der Waals surface area contributed by atoms with Crippen LogP contribution in [0.3, 0.4) is 0 Å². The number of carbonyl (C=O) groups excluding carboxylic acids is 1. The van der Waals surface area contributed by atoms with E-state index in [9.17, 15) is 4.79 Å². The van der Waals surface area contributed by atoms with Crippen molar-refractivity contribution in [2.75, 3.05) is 5.75 Å². The van der Waals surface area contributed by atoms with E-state index in [2.05, 4.69) is 21.4 Å². The Hall–Kier alpha value is -0.520. The van der Waals surface area contributed by atoms with Crippen LogP contribution in [-0.2, 0) is 4.79 Å². The lowest BCUT2D eigenvalue weighted by atomic mass is 10.4. The van der Waals surface area contributed by atoms with E-state index in [4.69, 9.17) is 5.84 Å². The molecule has 0 aliphatic carbocycles. The van der Waals surface area contributed by atoms with Gasteiger partial charge in [-0.1, -0.05) is 22.0 Å². The van der Waals surface area contributed by atoms with Gasteiger partial charge in [-0.15, -0.1) is 11.8 Å². The number of thioether (sulfide) groups is 1. The van der Waals surface area contributed by atoms with Gasteiger partial charge in [0.2, 0.25) is 5.91 Å². The molecule has 0 heterocycles. The van der Waals surface area contributed by atoms with Crippen molar-refractivity contribution >= 4 is 33.6 Å². The molecule has 1 aromatic rings. The summed E-state index contributed by atoms with van der Waals surface area (Å²) in [5.41, 5.74) is 2.08. The van der Waals surface area contributed by atoms with Crippen LogP contribution >= 0.6 is 27.7 Å². The number of halogens is 1. The number of nitrogens with two attached hydrogens (primary N) is 1. The predicted octanol–water partition coefficient (Wildman–Crippen LogP) is 1.53. The number of hydrazine groups is 1. The number of nitrogens with one attached hydrogen (secondary N) is 1. The van der Waals surface area contributed by atoms with Crippen LogP contribution < -0.4 is 11.3 Å². The smallest absolute Gasteiger partial charge is 0.244 e. The van der Waals surface area contributed by atoms with E-state index >= 15 is 0 Å². The van der Waals surface area contributed by atoms with Crippen molar-refractivity contribution in [3.05, 3.63) is 28.7 Å². The highest BCUT2D eigenvalue weighted by Gasteiger charge is 2.00. The van der Waals surface area contributed by atoms with Crippen molar-refractivity contribution in [3.8, 4) is 0 Å². The second kappa shape index (κ2) is 5.26. The van der Waals surface area contributed by atoms with Crippen molar-refractivity contribution < 1.29 is 4.79 Å². The Morgan fingerprint density at radius 1 is 1.62 bits per heavy atom. The van der Waals surface area contributed by atoms with Gasteiger partial charge >= 0.3 is 0 Å². The van der Waals surface area contributed by atoms with E-state index in [1.54, 1.807) is 0 Å². The molecule has 0 bridgehead atoms. The molecule has 70 valence electrons. The van der Waals surface area contributed by atoms with Crippen LogP contribution in [0.2, 0.25) is 0 Å². The van der Waals surface area contributed by atoms with Crippen molar-refractivity contribution in [1.29, 1.82) is 0 Å². The largest absolute Gasteiger partial charge is 0.294 e. The summed E-state index contributed by atoms with van der Waals surface area (Å²) in [6, 6.07) is 7.76. The Bertz CT molecular complexity index is 306. The van der Waals surface area contributed by atoms with E-state index in [0.29, 0.717) is 5.75 Å². The lowest BCUT2D eigenvalue weighted by molar-refractivity contribution is -0.118. The normalized spacial score (nSPS) is 9.69. The second-order valence-electron chi connectivity index (χ2n) is 2.31. The summed E-state index contributed by atoms with van der Waals surface area (Å²) >= 11 is 4.79. The molecule has 3 N–H and O–H groups in total. The Morgan fingerprint density at radius 3 is 3.00 bits per heavy atom. The average molecular weight is 261 g/mol. The molecule has 13 heavy (non-hydrogen) atoms. The first-order chi connectivity index (χ1) is 6.22. The van der Waals surface area contributed by atoms with Gasteiger partial charge in [-0.3, -0.25) is 10.2 Å². The van der Waals surface area contributed by atoms with Crippen molar-refractivity contribution in [3.63, 3.8) is 0 Å². The zero-order valence-electron chi connectivity index (χ0n) is 6.79. The molecule has 0 spiro atoms. The van der Waals surface area contributed by atoms with Crippen LogP contribution in [0.4, 0.5) is 0 Å². The summed E-state index contributed by atoms with van der Waals surface area (Å²) in [7, 11) is 0. The van der Waals surface area contributed by atoms with Crippen molar-refractivity contribution in [2.24, 2.45) is 5.84 Å². The van der Waals surface area contributed by atoms with E-state index in [-0.39, 0.29) is 5.91 Å². The lowest BCUT2D eigenvalue weighted by Crippen LogP contribution is -2.31. The lowest BCUT2D eigenvalue weighted by Gasteiger charge is -2.00. The van der Waals surface area contributed by atoms with Crippen LogP contribution in [0.25, 0.3) is 0 Å². The van der Waals surface area contributed by atoms with Crippen LogP contribution in [0.1, 0.15) is 0 Å². The summed E-state index contributed by atoms with van der Waals surface area (Å²) in [5.74, 6) is 5.11. The van der Waals surface area contributed by atoms with Gasteiger partial charge in [-0.05, 0) is 18.2 Å². The molecular formula is C8H9BrN2OS. The fraction of sp³-hybridized carbons (Fsp3) is 0.125. The topological polar surface area (TPSA) is 55.1 Å². The monoisotopic (exact) mass is 260 g/mol. The number of rotatable bonds is 3. The highest BCUT2D eigenvalue weighted by atomic mass is 79.9. The first-order valence-electron chi connectivity index (χ1n) is 3.60. The van der Waals surface area contributed by atoms with Gasteiger partial charge in [0, 0.05) is 9.37 Å². The first kappa shape index (κ1) is 10.6. The molecule has 1 rings (SSSR count). The van der Waals surface area contributed by atoms with Gasteiger partial charge in [0.25, 0.3) is 0 Å². The average Bonchev–Trinajstić information content (AvgIpc) is 2.14. The summed E-state index contributed by atoms with van der Waals surface area (Å²) in [6.45, 7) is 0. The van der Waals surface area contributed by atoms with Crippen LogP contribution in [0.15, 0.2) is 33.6 Å². The minimum Gasteiger partial charge on any atom is -0.294 e. The summed E-state index contributed by atoms with van der Waals surface area (Å²) in [6.07, 6.45) is 0. The van der Waals surface area contributed by atoms with Crippen LogP contribution in [0, 0.1) is 0 Å². The van der Waals surface area contributed by atoms with Crippen molar-refractivity contribution in [1.82, 2.24) is 5.43 Å². The van der Waals surface area contributed by atoms with Gasteiger partial charge in [-0.2, -0.15) is 0 Å². The maximum absolute atomic E-state index is 10.8. The third-order valence-corrected chi connectivity index (χ3v) is 2.81. The van der Waals surface area contributed by atoms with Gasteiger partial charge in [0.15, 0.2) is 0 Å². The number of amides is 1. The number of carbonyl (C=O) groups is 1. The number of benzene rings is 1. The fourth-order valence-corrected chi connectivity index (χ4v) is 2.06. The van der Waals surface area contributed by atoms with Crippen LogP contribution in [-0.4, -0.2) is 11.7 Å². The van der Waals surface area contributed by atoms with E-state index in [1.807, 2.05) is 24.3 Å². The zero-order chi connectivity index (χ0) is 9.68. The van der Waals surface area contributed by atoms with E-state index in [0.717, 1.165) is 9.37 Å². The molecule has 0 aromatic heterocycles. The standard InChI is InChI=1S/C8H9BrN2OS/c9-6-2-1-3-7(4-6)13-5-8(12)11-10/h1-4H,5,10H2,(H,11,12). The second-order valence-corrected chi connectivity index (χ2v) is 4.28. The molecule has 0 saturated carbocycles. The predicted molar refractivity (Wildman–Crippen MR) is 57.2 cm³/mol. The van der Waals surface area contributed by atoms with Gasteiger partial charge in [0.05, 0.1) is 5.75 Å². The van der Waals surface area contributed by atoms with Crippen LogP contribution in [0.5, 0.6) is 0 Å². The minimum absolute atomic E-state index is 0.176. The summed E-state index contributed by atoms with van der Waals surface area (Å²) < 4.78 is 1.01. The molecule has 1 amide bonds. The Balaban J connectivity index is 2.50. The van der Waals surface area contributed by atoms with E-state index in [1.165, 1.54) is 11.8 Å². The SMILES string of the molecule is NNC(=O)CSc1cccc(Br)c1. The molecule has 0 atom stereocenters. The minimum atomic E-state index is -0.176. The first-order valence-corrected chi connectivity index (χ1v) is 5.38. The van der Waals surface area contributed by atoms with Gasteiger partial charge in [-0.25, -0.2) is 5.84 Å². The molecule has 0 unspecified atom stereocenters.